The first kappa shape index (κ1) is 19.3. The summed E-state index contributed by atoms with van der Waals surface area (Å²) in [7, 11) is 0. The van der Waals surface area contributed by atoms with Crippen LogP contribution in [0.2, 0.25) is 0 Å². The van der Waals surface area contributed by atoms with Crippen molar-refractivity contribution >= 4 is 33.3 Å². The highest BCUT2D eigenvalue weighted by Gasteiger charge is 2.40. The second-order valence-electron chi connectivity index (χ2n) is 6.83. The van der Waals surface area contributed by atoms with Gasteiger partial charge in [-0.05, 0) is 43.6 Å². The van der Waals surface area contributed by atoms with Gasteiger partial charge < -0.3 is 19.8 Å². The zero-order valence-corrected chi connectivity index (χ0v) is 16.1. The number of ether oxygens (including phenoxy) is 1. The minimum absolute atomic E-state index is 0.0914. The maximum Gasteiger partial charge on any atom is 0.441 e. The molecule has 1 amide bonds. The van der Waals surface area contributed by atoms with E-state index in [0.29, 0.717) is 35.6 Å². The Balaban J connectivity index is 1.83. The number of anilines is 1. The van der Waals surface area contributed by atoms with E-state index in [9.17, 15) is 14.9 Å². The SMILES string of the molecule is CCOCC(Nc1nc(=O)oc2ccsc12)C(=O)NC1(C#N)CCC(C)C1. The Hall–Kier alpha value is -2.44. The number of hydrogen-bond acceptors (Lipinski definition) is 8. The van der Waals surface area contributed by atoms with Gasteiger partial charge in [0.2, 0.25) is 5.91 Å². The van der Waals surface area contributed by atoms with Gasteiger partial charge >= 0.3 is 5.76 Å². The van der Waals surface area contributed by atoms with Crippen LogP contribution in [0.3, 0.4) is 0 Å². The van der Waals surface area contributed by atoms with E-state index in [1.165, 1.54) is 11.3 Å². The molecule has 3 atom stereocenters. The van der Waals surface area contributed by atoms with Gasteiger partial charge in [-0.2, -0.15) is 10.2 Å². The zero-order valence-electron chi connectivity index (χ0n) is 15.3. The number of hydrogen-bond donors (Lipinski definition) is 2. The molecular formula is C18H22N4O4S. The average molecular weight is 390 g/mol. The normalized spacial score (nSPS) is 23.1. The highest BCUT2D eigenvalue weighted by atomic mass is 32.1. The van der Waals surface area contributed by atoms with E-state index in [2.05, 4.69) is 28.6 Å². The molecule has 9 heteroatoms. The fourth-order valence-electron chi connectivity index (χ4n) is 3.35. The van der Waals surface area contributed by atoms with Gasteiger partial charge in [0, 0.05) is 6.61 Å². The van der Waals surface area contributed by atoms with Crippen molar-refractivity contribution in [2.75, 3.05) is 18.5 Å². The van der Waals surface area contributed by atoms with Crippen molar-refractivity contribution in [2.45, 2.75) is 44.7 Å². The van der Waals surface area contributed by atoms with Crippen molar-refractivity contribution in [1.82, 2.24) is 10.3 Å². The molecule has 2 aromatic heterocycles. The maximum atomic E-state index is 12.9. The minimum Gasteiger partial charge on any atom is -0.407 e. The number of amides is 1. The molecule has 8 nitrogen and oxygen atoms in total. The summed E-state index contributed by atoms with van der Waals surface area (Å²) in [4.78, 5) is 28.5. The molecule has 3 rings (SSSR count). The van der Waals surface area contributed by atoms with Crippen LogP contribution in [0.1, 0.15) is 33.1 Å². The summed E-state index contributed by atoms with van der Waals surface area (Å²) in [5.74, 6) is -0.424. The molecule has 0 spiro atoms. The fourth-order valence-corrected chi connectivity index (χ4v) is 4.12. The quantitative estimate of drug-likeness (QED) is 0.744. The first-order valence-electron chi connectivity index (χ1n) is 8.92. The maximum absolute atomic E-state index is 12.9. The molecule has 1 fully saturated rings. The van der Waals surface area contributed by atoms with Crippen LogP contribution >= 0.6 is 11.3 Å². The van der Waals surface area contributed by atoms with Crippen LogP contribution < -0.4 is 16.4 Å². The molecule has 2 aromatic rings. The Labute approximate surface area is 160 Å². The van der Waals surface area contributed by atoms with Crippen molar-refractivity contribution in [2.24, 2.45) is 5.92 Å². The molecule has 27 heavy (non-hydrogen) atoms. The summed E-state index contributed by atoms with van der Waals surface area (Å²) in [6, 6.07) is 3.16. The van der Waals surface area contributed by atoms with E-state index in [4.69, 9.17) is 9.15 Å². The van der Waals surface area contributed by atoms with E-state index in [1.807, 2.05) is 6.92 Å². The molecule has 0 saturated heterocycles. The summed E-state index contributed by atoms with van der Waals surface area (Å²) in [6.45, 7) is 4.43. The van der Waals surface area contributed by atoms with E-state index in [1.54, 1.807) is 11.4 Å². The third-order valence-electron chi connectivity index (χ3n) is 4.70. The molecule has 0 radical (unpaired) electrons. The molecule has 0 bridgehead atoms. The summed E-state index contributed by atoms with van der Waals surface area (Å²) < 4.78 is 11.1. The van der Waals surface area contributed by atoms with Gasteiger partial charge in [0.1, 0.15) is 16.3 Å². The molecule has 144 valence electrons. The third-order valence-corrected chi connectivity index (χ3v) is 5.60. The summed E-state index contributed by atoms with van der Waals surface area (Å²) in [5.41, 5.74) is -0.444. The largest absolute Gasteiger partial charge is 0.441 e. The average Bonchev–Trinajstić information content (AvgIpc) is 3.25. The van der Waals surface area contributed by atoms with Gasteiger partial charge in [-0.25, -0.2) is 4.79 Å². The number of nitrogens with one attached hydrogen (secondary N) is 2. The fraction of sp³-hybridized carbons (Fsp3) is 0.556. The highest BCUT2D eigenvalue weighted by molar-refractivity contribution is 7.17. The van der Waals surface area contributed by atoms with Crippen LogP contribution in [0, 0.1) is 17.2 Å². The van der Waals surface area contributed by atoms with Crippen LogP contribution in [0.4, 0.5) is 5.82 Å². The summed E-state index contributed by atoms with van der Waals surface area (Å²) in [6.07, 6.45) is 2.15. The van der Waals surface area contributed by atoms with Gasteiger partial charge in [0.05, 0.1) is 12.7 Å². The Morgan fingerprint density at radius 2 is 2.44 bits per heavy atom. The van der Waals surface area contributed by atoms with Crippen molar-refractivity contribution in [3.8, 4) is 6.07 Å². The Morgan fingerprint density at radius 3 is 3.11 bits per heavy atom. The number of rotatable bonds is 7. The van der Waals surface area contributed by atoms with E-state index >= 15 is 0 Å². The van der Waals surface area contributed by atoms with Gasteiger partial charge in [-0.3, -0.25) is 4.79 Å². The molecule has 0 aromatic carbocycles. The van der Waals surface area contributed by atoms with Crippen LogP contribution in [0.15, 0.2) is 20.7 Å². The number of thiophene rings is 1. The Bertz CT molecular complexity index is 918. The molecule has 1 aliphatic rings. The smallest absolute Gasteiger partial charge is 0.407 e. The highest BCUT2D eigenvalue weighted by Crippen LogP contribution is 2.34. The molecule has 2 N–H and O–H groups in total. The Kier molecular flexibility index (Phi) is 5.77. The molecule has 0 aliphatic heterocycles. The minimum atomic E-state index is -0.857. The molecular weight excluding hydrogens is 368 g/mol. The van der Waals surface area contributed by atoms with Gasteiger partial charge in [-0.15, -0.1) is 11.3 Å². The lowest BCUT2D eigenvalue weighted by molar-refractivity contribution is -0.124. The molecule has 2 heterocycles. The monoisotopic (exact) mass is 390 g/mol. The lowest BCUT2D eigenvalue weighted by atomic mass is 9.97. The second kappa shape index (κ2) is 8.06. The first-order chi connectivity index (χ1) is 13.0. The topological polar surface area (TPSA) is 117 Å². The van der Waals surface area contributed by atoms with E-state index in [0.717, 1.165) is 6.42 Å². The second-order valence-corrected chi connectivity index (χ2v) is 7.75. The van der Waals surface area contributed by atoms with Gasteiger partial charge in [-0.1, -0.05) is 6.92 Å². The number of nitrogens with zero attached hydrogens (tertiary/aromatic N) is 2. The van der Waals surface area contributed by atoms with Crippen molar-refractivity contribution < 1.29 is 13.9 Å². The number of fused-ring (bicyclic) bond motifs is 1. The number of nitriles is 1. The van der Waals surface area contributed by atoms with Crippen molar-refractivity contribution in [1.29, 1.82) is 5.26 Å². The Morgan fingerprint density at radius 1 is 1.63 bits per heavy atom. The van der Waals surface area contributed by atoms with Gasteiger partial charge in [0.25, 0.3) is 0 Å². The molecule has 3 unspecified atom stereocenters. The predicted molar refractivity (Wildman–Crippen MR) is 102 cm³/mol. The summed E-state index contributed by atoms with van der Waals surface area (Å²) >= 11 is 1.35. The standard InChI is InChI=1S/C18H22N4O4S/c1-3-25-9-12(16(23)22-18(10-19)6-4-11(2)8-18)20-15-14-13(5-7-27-14)26-17(24)21-15/h5,7,11-12H,3-4,6,8-9H2,1-2H3,(H,22,23)(H,20,21,24). The number of aromatic nitrogens is 1. The van der Waals surface area contributed by atoms with E-state index < -0.39 is 17.3 Å². The van der Waals surface area contributed by atoms with Crippen LogP contribution in [-0.2, 0) is 9.53 Å². The predicted octanol–water partition coefficient (Wildman–Crippen LogP) is 2.27. The van der Waals surface area contributed by atoms with Crippen molar-refractivity contribution in [3.63, 3.8) is 0 Å². The zero-order chi connectivity index (χ0) is 19.4. The molecule has 1 saturated carbocycles. The van der Waals surface area contributed by atoms with E-state index in [-0.39, 0.29) is 18.3 Å². The van der Waals surface area contributed by atoms with Crippen molar-refractivity contribution in [3.05, 3.63) is 22.0 Å². The lowest BCUT2D eigenvalue weighted by Gasteiger charge is -2.26. The summed E-state index contributed by atoms with van der Waals surface area (Å²) in [5, 5.41) is 17.3. The van der Waals surface area contributed by atoms with Crippen LogP contribution in [0.25, 0.3) is 10.3 Å². The number of carbonyl (C=O) groups is 1. The first-order valence-corrected chi connectivity index (χ1v) is 9.80. The van der Waals surface area contributed by atoms with Crippen LogP contribution in [-0.4, -0.2) is 35.7 Å². The lowest BCUT2D eigenvalue weighted by Crippen LogP contribution is -2.52. The van der Waals surface area contributed by atoms with Gasteiger partial charge in [0.15, 0.2) is 11.4 Å². The third kappa shape index (κ3) is 4.28. The number of carbonyl (C=O) groups excluding carboxylic acids is 1. The molecule has 1 aliphatic carbocycles. The van der Waals surface area contributed by atoms with Crippen LogP contribution in [0.5, 0.6) is 0 Å².